The number of fused-ring (bicyclic) bond motifs is 6. The van der Waals surface area contributed by atoms with Gasteiger partial charge in [-0.1, -0.05) is 262 Å². The molecule has 2 bridgehead atoms. The van der Waals surface area contributed by atoms with E-state index in [1.165, 1.54) is 87.5 Å². The second-order valence-corrected chi connectivity index (χ2v) is 34.7. The summed E-state index contributed by atoms with van der Waals surface area (Å²) in [6, 6.07) is 44.5. The Morgan fingerprint density at radius 3 is 0.909 bits per heavy atom. The molecular formula is C73H98O2P2. The van der Waals surface area contributed by atoms with Gasteiger partial charge in [0.05, 0.1) is 0 Å². The fourth-order valence-corrected chi connectivity index (χ4v) is 16.2. The number of ether oxygens (including phenoxy) is 2. The molecule has 4 heteroatoms. The lowest BCUT2D eigenvalue weighted by molar-refractivity contribution is 0.189. The summed E-state index contributed by atoms with van der Waals surface area (Å²) >= 11 is 0. The Morgan fingerprint density at radius 1 is 0.364 bits per heavy atom. The van der Waals surface area contributed by atoms with E-state index in [0.717, 1.165) is 50.0 Å². The number of hydrogen-bond donors (Lipinski definition) is 0. The van der Waals surface area contributed by atoms with Crippen LogP contribution in [0.25, 0.3) is 0 Å². The fourth-order valence-electron chi connectivity index (χ4n) is 11.0. The molecule has 0 radical (unpaired) electrons. The Hall–Kier alpha value is -4.22. The van der Waals surface area contributed by atoms with Crippen LogP contribution in [-0.4, -0.2) is 12.2 Å². The zero-order chi connectivity index (χ0) is 56.6. The Balaban J connectivity index is 1.36. The molecule has 6 aromatic rings. The summed E-state index contributed by atoms with van der Waals surface area (Å²) in [4.78, 5) is 0. The van der Waals surface area contributed by atoms with Crippen molar-refractivity contribution in [2.75, 3.05) is 0 Å². The van der Waals surface area contributed by atoms with E-state index in [-0.39, 0.29) is 50.1 Å². The second-order valence-electron chi connectivity index (χ2n) is 30.3. The van der Waals surface area contributed by atoms with Gasteiger partial charge in [0.1, 0.15) is 23.7 Å². The molecule has 3 atom stereocenters. The highest BCUT2D eigenvalue weighted by Gasteiger charge is 2.36. The van der Waals surface area contributed by atoms with Gasteiger partial charge in [-0.3, -0.25) is 0 Å². The molecule has 0 aromatic heterocycles. The summed E-state index contributed by atoms with van der Waals surface area (Å²) in [5, 5.41) is 8.23. The zero-order valence-corrected chi connectivity index (χ0v) is 53.8. The molecule has 412 valence electrons. The first-order valence-electron chi connectivity index (χ1n) is 29.3. The minimum atomic E-state index is -1.09. The lowest BCUT2D eigenvalue weighted by Gasteiger charge is -2.33. The van der Waals surface area contributed by atoms with Crippen LogP contribution >= 0.6 is 15.8 Å². The van der Waals surface area contributed by atoms with Crippen LogP contribution < -0.4 is 41.3 Å². The van der Waals surface area contributed by atoms with Crippen LogP contribution in [0.15, 0.2) is 109 Å². The number of hydrogen-bond acceptors (Lipinski definition) is 2. The number of benzene rings is 6. The van der Waals surface area contributed by atoms with Crippen molar-refractivity contribution in [1.29, 1.82) is 0 Å². The Kier molecular flexibility index (Phi) is 16.3. The zero-order valence-electron chi connectivity index (χ0n) is 52.0. The van der Waals surface area contributed by atoms with Crippen molar-refractivity contribution in [3.8, 4) is 11.5 Å². The minimum absolute atomic E-state index is 0.00151. The van der Waals surface area contributed by atoms with Crippen LogP contribution in [0, 0.1) is 0 Å². The maximum Gasteiger partial charge on any atom is 0.131 e. The summed E-state index contributed by atoms with van der Waals surface area (Å²) in [7, 11) is -2.14. The molecule has 0 spiro atoms. The van der Waals surface area contributed by atoms with Crippen molar-refractivity contribution in [3.05, 3.63) is 165 Å². The maximum atomic E-state index is 7.87. The van der Waals surface area contributed by atoms with Gasteiger partial charge in [0.25, 0.3) is 0 Å². The predicted molar refractivity (Wildman–Crippen MR) is 341 cm³/mol. The van der Waals surface area contributed by atoms with E-state index in [0.29, 0.717) is 0 Å². The van der Waals surface area contributed by atoms with Gasteiger partial charge in [-0.25, -0.2) is 0 Å². The third kappa shape index (κ3) is 13.4. The van der Waals surface area contributed by atoms with Crippen LogP contribution in [0.5, 0.6) is 11.5 Å². The van der Waals surface area contributed by atoms with Gasteiger partial charge >= 0.3 is 0 Å². The van der Waals surface area contributed by atoms with Crippen LogP contribution in [0.4, 0.5) is 0 Å². The van der Waals surface area contributed by atoms with Crippen molar-refractivity contribution in [2.24, 2.45) is 0 Å². The van der Waals surface area contributed by atoms with Gasteiger partial charge < -0.3 is 9.47 Å². The average molecular weight is 1070 g/mol. The summed E-state index contributed by atoms with van der Waals surface area (Å²) in [6.07, 6.45) is 5.49. The fraction of sp³-hybridized carbons (Fsp3) is 0.507. The summed E-state index contributed by atoms with van der Waals surface area (Å²) in [5.74, 6) is 2.17. The highest BCUT2D eigenvalue weighted by molar-refractivity contribution is 7.80. The lowest BCUT2D eigenvalue weighted by atomic mass is 9.81. The van der Waals surface area contributed by atoms with Crippen LogP contribution in [0.2, 0.25) is 0 Å². The highest BCUT2D eigenvalue weighted by Crippen LogP contribution is 2.47. The molecule has 8 rings (SSSR count). The van der Waals surface area contributed by atoms with Gasteiger partial charge in [0, 0.05) is 23.5 Å². The normalized spacial score (nSPS) is 17.3. The first-order valence-corrected chi connectivity index (χ1v) is 32.0. The summed E-state index contributed by atoms with van der Waals surface area (Å²) in [5.41, 5.74) is 13.5. The third-order valence-corrected chi connectivity index (χ3v) is 21.2. The molecule has 2 aliphatic heterocycles. The Morgan fingerprint density at radius 2 is 0.636 bits per heavy atom. The highest BCUT2D eigenvalue weighted by atomic mass is 31.1. The predicted octanol–water partition coefficient (Wildman–Crippen LogP) is 17.3. The molecule has 2 heterocycles. The van der Waals surface area contributed by atoms with Gasteiger partial charge in [0.15, 0.2) is 0 Å². The monoisotopic (exact) mass is 1070 g/mol. The third-order valence-electron chi connectivity index (χ3n) is 16.4. The molecule has 3 unspecified atom stereocenters. The molecule has 77 heavy (non-hydrogen) atoms. The van der Waals surface area contributed by atoms with Crippen molar-refractivity contribution < 1.29 is 9.47 Å². The van der Waals surface area contributed by atoms with Crippen LogP contribution in [-0.2, 0) is 57.2 Å². The van der Waals surface area contributed by atoms with E-state index in [1.54, 1.807) is 0 Å². The van der Waals surface area contributed by atoms with Gasteiger partial charge in [-0.15, -0.1) is 0 Å². The smallest absolute Gasteiger partial charge is 0.131 e. The van der Waals surface area contributed by atoms with E-state index in [9.17, 15) is 0 Å². The molecular weight excluding hydrogens is 971 g/mol. The Labute approximate surface area is 471 Å². The largest absolute Gasteiger partial charge is 0.489 e. The SMILES string of the molecule is CCc1cc(P(c2cc(C(C)(C)C)cc(C(C)(C)C)c2)c2cccc3c2OC2CCCC(C3)Oc3c(cccc3P(c3cc(C(C)(C)C)cc(C(C)(C)C)c3)c3cc(C(C)(C)C)cc(C(C)(C)C)c3)C2)cc(C(C)(C)C)c1. The molecule has 0 N–H and O–H groups in total. The molecule has 0 amide bonds. The lowest BCUT2D eigenvalue weighted by Crippen LogP contribution is -2.32. The van der Waals surface area contributed by atoms with E-state index in [4.69, 9.17) is 9.47 Å². The first kappa shape index (κ1) is 58.9. The van der Waals surface area contributed by atoms with Gasteiger partial charge in [0.2, 0.25) is 0 Å². The first-order chi connectivity index (χ1) is 35.5. The van der Waals surface area contributed by atoms with Crippen LogP contribution in [0.1, 0.15) is 227 Å². The van der Waals surface area contributed by atoms with Gasteiger partial charge in [-0.2, -0.15) is 0 Å². The summed E-state index contributed by atoms with van der Waals surface area (Å²) < 4.78 is 15.7. The van der Waals surface area contributed by atoms with E-state index in [2.05, 4.69) is 262 Å². The van der Waals surface area contributed by atoms with E-state index >= 15 is 0 Å². The van der Waals surface area contributed by atoms with Gasteiger partial charge in [-0.05, 0) is 156 Å². The molecule has 0 fully saturated rings. The van der Waals surface area contributed by atoms with Crippen molar-refractivity contribution in [1.82, 2.24) is 0 Å². The minimum Gasteiger partial charge on any atom is -0.489 e. The second kappa shape index (κ2) is 21.4. The molecule has 2 nitrogen and oxygen atoms in total. The molecule has 0 saturated carbocycles. The van der Waals surface area contributed by atoms with Crippen molar-refractivity contribution in [2.45, 2.75) is 241 Å². The molecule has 2 aliphatic rings. The Bertz CT molecular complexity index is 2930. The quantitative estimate of drug-likeness (QED) is 0.148. The molecule has 0 saturated heterocycles. The number of aryl methyl sites for hydroxylation is 1. The topological polar surface area (TPSA) is 18.5 Å². The van der Waals surface area contributed by atoms with Crippen molar-refractivity contribution in [3.63, 3.8) is 0 Å². The molecule has 6 aromatic carbocycles. The number of para-hydroxylation sites is 2. The van der Waals surface area contributed by atoms with E-state index < -0.39 is 15.8 Å². The van der Waals surface area contributed by atoms with Crippen molar-refractivity contribution >= 4 is 47.7 Å². The summed E-state index contributed by atoms with van der Waals surface area (Å²) in [6.45, 7) is 52.1. The number of rotatable bonds is 7. The average Bonchev–Trinajstić information content (AvgIpc) is 3.52. The van der Waals surface area contributed by atoms with E-state index in [1.807, 2.05) is 0 Å². The molecule has 0 aliphatic carbocycles. The van der Waals surface area contributed by atoms with Crippen LogP contribution in [0.3, 0.4) is 0 Å². The standard InChI is InChI=1S/C73H98O2P2/c1-23-47-33-50(67(2,3)4)40-59(34-47)76(60-41-51(68(5,6)7)37-52(42-60)69(8,9)10)63-31-24-27-48-35-58-30-26-29-57(74-65(48)63)36-49-28-25-32-64(66(49)75-58)77(61-43-53(70(11,12)13)38-54(44-61)71(14,15)16)62-45-55(72(17,18)19)39-56(46-62)73(20,21)22/h24-25,27-28,31-34,37-46,57-58H,23,26,29-30,35-36H2,1-22H3. The maximum absolute atomic E-state index is 7.87.